The molecule has 2 atom stereocenters. The van der Waals surface area contributed by atoms with E-state index in [1.54, 1.807) is 17.8 Å². The minimum absolute atomic E-state index is 0.241. The summed E-state index contributed by atoms with van der Waals surface area (Å²) in [5.74, 6) is -1.59. The van der Waals surface area contributed by atoms with Crippen LogP contribution in [0.1, 0.15) is 19.8 Å². The number of ether oxygens (including phenoxy) is 1. The third kappa shape index (κ3) is 4.16. The molecule has 2 nitrogen and oxygen atoms in total. The predicted molar refractivity (Wildman–Crippen MR) is 73.5 cm³/mol. The highest BCUT2D eigenvalue weighted by molar-refractivity contribution is 8.00. The second kappa shape index (κ2) is 7.22. The van der Waals surface area contributed by atoms with Gasteiger partial charge in [-0.25, -0.2) is 8.78 Å². The highest BCUT2D eigenvalue weighted by atomic mass is 32.2. The van der Waals surface area contributed by atoms with Crippen molar-refractivity contribution in [1.29, 1.82) is 0 Å². The second-order valence-electron chi connectivity index (χ2n) is 4.66. The minimum atomic E-state index is -0.801. The predicted octanol–water partition coefficient (Wildman–Crippen LogP) is 3.21. The van der Waals surface area contributed by atoms with E-state index in [1.807, 2.05) is 0 Å². The van der Waals surface area contributed by atoms with E-state index in [-0.39, 0.29) is 5.25 Å². The Balaban J connectivity index is 1.99. The summed E-state index contributed by atoms with van der Waals surface area (Å²) in [6.07, 6.45) is 2.04. The third-order valence-corrected chi connectivity index (χ3v) is 4.43. The van der Waals surface area contributed by atoms with Crippen molar-refractivity contribution in [1.82, 2.24) is 5.32 Å². The fourth-order valence-corrected chi connectivity index (χ4v) is 3.34. The van der Waals surface area contributed by atoms with Crippen LogP contribution in [0.5, 0.6) is 0 Å². The van der Waals surface area contributed by atoms with Crippen LogP contribution in [0.4, 0.5) is 8.78 Å². The first-order chi connectivity index (χ1) is 9.20. The van der Waals surface area contributed by atoms with Crippen molar-refractivity contribution in [2.75, 3.05) is 19.8 Å². The van der Waals surface area contributed by atoms with Gasteiger partial charge in [0.2, 0.25) is 0 Å². The summed E-state index contributed by atoms with van der Waals surface area (Å²) < 4.78 is 31.6. The van der Waals surface area contributed by atoms with Gasteiger partial charge >= 0.3 is 0 Å². The summed E-state index contributed by atoms with van der Waals surface area (Å²) in [5, 5.41) is 3.74. The third-order valence-electron chi connectivity index (χ3n) is 3.14. The monoisotopic (exact) mass is 287 g/mol. The molecule has 0 spiro atoms. The average Bonchev–Trinajstić information content (AvgIpc) is 2.42. The fraction of sp³-hybridized carbons (Fsp3) is 0.571. The number of halogens is 2. The molecule has 1 N–H and O–H groups in total. The molecule has 2 unspecified atom stereocenters. The van der Waals surface area contributed by atoms with Crippen LogP contribution >= 0.6 is 11.8 Å². The quantitative estimate of drug-likeness (QED) is 0.898. The molecular weight excluding hydrogens is 268 g/mol. The molecule has 0 aromatic heterocycles. The normalized spacial score (nSPS) is 23.5. The molecule has 1 aromatic carbocycles. The van der Waals surface area contributed by atoms with Gasteiger partial charge in [-0.05, 0) is 37.6 Å². The van der Waals surface area contributed by atoms with Crippen LogP contribution in [0.3, 0.4) is 0 Å². The summed E-state index contributed by atoms with van der Waals surface area (Å²) >= 11 is 1.55. The average molecular weight is 287 g/mol. The van der Waals surface area contributed by atoms with E-state index in [0.29, 0.717) is 12.6 Å². The van der Waals surface area contributed by atoms with E-state index < -0.39 is 11.6 Å². The molecule has 0 bridgehead atoms. The van der Waals surface area contributed by atoms with Crippen molar-refractivity contribution in [3.05, 3.63) is 29.8 Å². The van der Waals surface area contributed by atoms with Gasteiger partial charge in [0, 0.05) is 22.8 Å². The molecule has 0 aliphatic carbocycles. The van der Waals surface area contributed by atoms with Gasteiger partial charge in [-0.15, -0.1) is 11.8 Å². The Hall–Kier alpha value is -0.650. The van der Waals surface area contributed by atoms with E-state index in [0.717, 1.165) is 30.9 Å². The lowest BCUT2D eigenvalue weighted by Gasteiger charge is -2.31. The van der Waals surface area contributed by atoms with Gasteiger partial charge in [0.05, 0.1) is 6.61 Å². The Morgan fingerprint density at radius 2 is 2.21 bits per heavy atom. The standard InChI is InChI=1S/C14H19F2NOS/c1-2-6-17-13-5-7-18-9-14(13)19-10-3-4-11(15)12(16)8-10/h3-4,8,13-14,17H,2,5-7,9H2,1H3. The van der Waals surface area contributed by atoms with Crippen molar-refractivity contribution in [2.45, 2.75) is 36.0 Å². The molecule has 0 amide bonds. The first kappa shape index (κ1) is 14.8. The van der Waals surface area contributed by atoms with Gasteiger partial charge in [-0.3, -0.25) is 0 Å². The van der Waals surface area contributed by atoms with Crippen LogP contribution in [0.15, 0.2) is 23.1 Å². The van der Waals surface area contributed by atoms with E-state index in [4.69, 9.17) is 4.74 Å². The van der Waals surface area contributed by atoms with Crippen molar-refractivity contribution >= 4 is 11.8 Å². The van der Waals surface area contributed by atoms with E-state index in [9.17, 15) is 8.78 Å². The molecule has 0 radical (unpaired) electrons. The number of nitrogens with one attached hydrogen (secondary N) is 1. The summed E-state index contributed by atoms with van der Waals surface area (Å²) in [7, 11) is 0. The Morgan fingerprint density at radius 1 is 1.37 bits per heavy atom. The minimum Gasteiger partial charge on any atom is -0.380 e. The highest BCUT2D eigenvalue weighted by Crippen LogP contribution is 2.30. The van der Waals surface area contributed by atoms with Crippen LogP contribution < -0.4 is 5.32 Å². The van der Waals surface area contributed by atoms with E-state index in [2.05, 4.69) is 12.2 Å². The van der Waals surface area contributed by atoms with Gasteiger partial charge in [0.1, 0.15) is 0 Å². The molecule has 1 aromatic rings. The number of rotatable bonds is 5. The Kier molecular flexibility index (Phi) is 5.60. The lowest BCUT2D eigenvalue weighted by Crippen LogP contribution is -2.45. The molecule has 0 saturated carbocycles. The van der Waals surface area contributed by atoms with Crippen molar-refractivity contribution in [2.24, 2.45) is 0 Å². The first-order valence-electron chi connectivity index (χ1n) is 6.63. The maximum absolute atomic E-state index is 13.2. The molecule has 1 fully saturated rings. The molecule has 19 heavy (non-hydrogen) atoms. The van der Waals surface area contributed by atoms with Crippen LogP contribution in [-0.4, -0.2) is 31.1 Å². The Bertz CT molecular complexity index is 416. The molecule has 1 aliphatic rings. The van der Waals surface area contributed by atoms with Gasteiger partial charge in [-0.1, -0.05) is 6.92 Å². The van der Waals surface area contributed by atoms with Crippen molar-refractivity contribution in [3.63, 3.8) is 0 Å². The highest BCUT2D eigenvalue weighted by Gasteiger charge is 2.26. The molecule has 1 aliphatic heterocycles. The SMILES string of the molecule is CCCNC1CCOCC1Sc1ccc(F)c(F)c1. The molecular formula is C14H19F2NOS. The zero-order valence-corrected chi connectivity index (χ0v) is 11.8. The van der Waals surface area contributed by atoms with Crippen molar-refractivity contribution in [3.8, 4) is 0 Å². The smallest absolute Gasteiger partial charge is 0.159 e. The maximum atomic E-state index is 13.2. The van der Waals surface area contributed by atoms with E-state index >= 15 is 0 Å². The van der Waals surface area contributed by atoms with Crippen LogP contribution in [0.2, 0.25) is 0 Å². The maximum Gasteiger partial charge on any atom is 0.159 e. The zero-order valence-electron chi connectivity index (χ0n) is 11.0. The molecule has 1 saturated heterocycles. The van der Waals surface area contributed by atoms with E-state index in [1.165, 1.54) is 12.1 Å². The molecule has 2 rings (SSSR count). The van der Waals surface area contributed by atoms with Crippen LogP contribution in [0, 0.1) is 11.6 Å². The fourth-order valence-electron chi connectivity index (χ4n) is 2.12. The number of benzene rings is 1. The lowest BCUT2D eigenvalue weighted by molar-refractivity contribution is 0.0833. The molecule has 106 valence electrons. The zero-order chi connectivity index (χ0) is 13.7. The molecule has 5 heteroatoms. The largest absolute Gasteiger partial charge is 0.380 e. The Labute approximate surface area is 116 Å². The molecule has 1 heterocycles. The van der Waals surface area contributed by atoms with Crippen molar-refractivity contribution < 1.29 is 13.5 Å². The van der Waals surface area contributed by atoms with Crippen LogP contribution in [0.25, 0.3) is 0 Å². The first-order valence-corrected chi connectivity index (χ1v) is 7.51. The number of hydrogen-bond donors (Lipinski definition) is 1. The summed E-state index contributed by atoms with van der Waals surface area (Å²) in [6.45, 7) is 4.50. The van der Waals surface area contributed by atoms with Crippen LogP contribution in [-0.2, 0) is 4.74 Å². The summed E-state index contributed by atoms with van der Waals surface area (Å²) in [6, 6.07) is 4.42. The van der Waals surface area contributed by atoms with Gasteiger partial charge < -0.3 is 10.1 Å². The summed E-state index contributed by atoms with van der Waals surface area (Å²) in [4.78, 5) is 0.748. The number of hydrogen-bond acceptors (Lipinski definition) is 3. The Morgan fingerprint density at radius 3 is 2.95 bits per heavy atom. The topological polar surface area (TPSA) is 21.3 Å². The van der Waals surface area contributed by atoms with Gasteiger partial charge in [0.15, 0.2) is 11.6 Å². The van der Waals surface area contributed by atoms with Gasteiger partial charge in [-0.2, -0.15) is 0 Å². The summed E-state index contributed by atoms with van der Waals surface area (Å²) in [5.41, 5.74) is 0. The second-order valence-corrected chi connectivity index (χ2v) is 5.97. The number of thioether (sulfide) groups is 1. The van der Waals surface area contributed by atoms with Gasteiger partial charge in [0.25, 0.3) is 0 Å². The lowest BCUT2D eigenvalue weighted by atomic mass is 10.1.